The number of nitrogens with two attached hydrogens (primary N) is 1. The molecule has 0 atom stereocenters. The Bertz CT molecular complexity index is 597. The van der Waals surface area contributed by atoms with Gasteiger partial charge in [-0.25, -0.2) is 4.79 Å². The fourth-order valence-corrected chi connectivity index (χ4v) is 1.83. The highest BCUT2D eigenvalue weighted by molar-refractivity contribution is 5.99. The van der Waals surface area contributed by atoms with Crippen molar-refractivity contribution in [3.63, 3.8) is 0 Å². The van der Waals surface area contributed by atoms with Crippen molar-refractivity contribution in [2.75, 3.05) is 23.8 Å². The van der Waals surface area contributed by atoms with E-state index in [1.807, 2.05) is 31.2 Å². The molecule has 5 nitrogen and oxygen atoms in total. The van der Waals surface area contributed by atoms with E-state index in [2.05, 4.69) is 10.6 Å². The van der Waals surface area contributed by atoms with Crippen LogP contribution in [0, 0.1) is 6.92 Å². The van der Waals surface area contributed by atoms with Crippen LogP contribution in [-0.4, -0.2) is 19.2 Å². The molecular weight excluding hydrogens is 266 g/mol. The van der Waals surface area contributed by atoms with Gasteiger partial charge in [-0.3, -0.25) is 0 Å². The molecule has 0 heterocycles. The van der Waals surface area contributed by atoms with Crippen LogP contribution >= 0.6 is 0 Å². The number of hydrogen-bond acceptors (Lipinski definition) is 3. The van der Waals surface area contributed by atoms with Crippen molar-refractivity contribution in [2.24, 2.45) is 5.73 Å². The van der Waals surface area contributed by atoms with Gasteiger partial charge in [-0.15, -0.1) is 0 Å². The summed E-state index contributed by atoms with van der Waals surface area (Å²) in [5.74, 6) is 0.727. The number of anilines is 2. The Kier molecular flexibility index (Phi) is 5.17. The minimum Gasteiger partial charge on any atom is -0.492 e. The van der Waals surface area contributed by atoms with Crippen molar-refractivity contribution in [2.45, 2.75) is 6.92 Å². The van der Waals surface area contributed by atoms with Gasteiger partial charge in [0.25, 0.3) is 0 Å². The molecule has 2 aromatic carbocycles. The maximum atomic E-state index is 11.9. The maximum Gasteiger partial charge on any atom is 0.323 e. The molecule has 0 unspecified atom stereocenters. The second-order valence-electron chi connectivity index (χ2n) is 4.61. The molecule has 5 heteroatoms. The van der Waals surface area contributed by atoms with E-state index in [0.717, 1.165) is 17.0 Å². The van der Waals surface area contributed by atoms with Crippen LogP contribution < -0.4 is 21.1 Å². The van der Waals surface area contributed by atoms with Crippen molar-refractivity contribution in [1.82, 2.24) is 0 Å². The number of benzene rings is 2. The quantitative estimate of drug-likeness (QED) is 0.790. The number of hydrogen-bond donors (Lipinski definition) is 3. The fourth-order valence-electron chi connectivity index (χ4n) is 1.83. The van der Waals surface area contributed by atoms with Gasteiger partial charge >= 0.3 is 6.03 Å². The highest BCUT2D eigenvalue weighted by atomic mass is 16.5. The smallest absolute Gasteiger partial charge is 0.323 e. The summed E-state index contributed by atoms with van der Waals surface area (Å²) in [5, 5.41) is 5.55. The Hall–Kier alpha value is -2.53. The summed E-state index contributed by atoms with van der Waals surface area (Å²) >= 11 is 0. The summed E-state index contributed by atoms with van der Waals surface area (Å²) in [5.41, 5.74) is 7.91. The van der Waals surface area contributed by atoms with Crippen molar-refractivity contribution in [3.05, 3.63) is 54.1 Å². The van der Waals surface area contributed by atoms with Crippen LogP contribution in [0.3, 0.4) is 0 Å². The Morgan fingerprint density at radius 2 is 1.81 bits per heavy atom. The fraction of sp³-hybridized carbons (Fsp3) is 0.188. The topological polar surface area (TPSA) is 76.4 Å². The Morgan fingerprint density at radius 3 is 2.48 bits per heavy atom. The number of urea groups is 1. The average Bonchev–Trinajstić information content (AvgIpc) is 2.46. The van der Waals surface area contributed by atoms with Crippen LogP contribution in [0.5, 0.6) is 5.75 Å². The largest absolute Gasteiger partial charge is 0.492 e. The van der Waals surface area contributed by atoms with E-state index in [-0.39, 0.29) is 6.03 Å². The zero-order valence-corrected chi connectivity index (χ0v) is 11.9. The van der Waals surface area contributed by atoms with Crippen LogP contribution in [-0.2, 0) is 0 Å². The lowest BCUT2D eigenvalue weighted by Gasteiger charge is -2.09. The van der Waals surface area contributed by atoms with Crippen LogP contribution in [0.25, 0.3) is 0 Å². The molecule has 0 bridgehead atoms. The molecule has 0 aliphatic rings. The number of amides is 2. The highest BCUT2D eigenvalue weighted by Crippen LogP contribution is 2.16. The van der Waals surface area contributed by atoms with E-state index in [1.165, 1.54) is 0 Å². The van der Waals surface area contributed by atoms with E-state index in [0.29, 0.717) is 18.8 Å². The number of carbonyl (C=O) groups excluding carboxylic acids is 1. The summed E-state index contributed by atoms with van der Waals surface area (Å²) in [6.07, 6.45) is 0. The number of carbonyl (C=O) groups is 1. The van der Waals surface area contributed by atoms with Gasteiger partial charge in [0.15, 0.2) is 0 Å². The number of ether oxygens (including phenoxy) is 1. The molecule has 110 valence electrons. The first kappa shape index (κ1) is 14.9. The molecule has 0 fully saturated rings. The number of aryl methyl sites for hydroxylation is 1. The van der Waals surface area contributed by atoms with E-state index in [4.69, 9.17) is 10.5 Å². The first-order valence-corrected chi connectivity index (χ1v) is 6.75. The van der Waals surface area contributed by atoms with Crippen LogP contribution in [0.15, 0.2) is 48.5 Å². The first-order valence-electron chi connectivity index (χ1n) is 6.75. The summed E-state index contributed by atoms with van der Waals surface area (Å²) in [6.45, 7) is 2.92. The third-order valence-electron chi connectivity index (χ3n) is 2.77. The lowest BCUT2D eigenvalue weighted by atomic mass is 10.2. The van der Waals surface area contributed by atoms with Gasteiger partial charge in [-0.2, -0.15) is 0 Å². The zero-order chi connectivity index (χ0) is 15.1. The molecule has 0 aliphatic carbocycles. The molecule has 2 aromatic rings. The van der Waals surface area contributed by atoms with E-state index in [1.54, 1.807) is 24.3 Å². The zero-order valence-electron chi connectivity index (χ0n) is 11.9. The van der Waals surface area contributed by atoms with Gasteiger partial charge < -0.3 is 21.1 Å². The molecule has 2 rings (SSSR count). The summed E-state index contributed by atoms with van der Waals surface area (Å²) in [4.78, 5) is 11.9. The number of nitrogens with one attached hydrogen (secondary N) is 2. The van der Waals surface area contributed by atoms with Gasteiger partial charge in [0.2, 0.25) is 0 Å². The molecule has 0 saturated carbocycles. The molecule has 0 saturated heterocycles. The van der Waals surface area contributed by atoms with Crippen molar-refractivity contribution in [3.8, 4) is 5.75 Å². The second kappa shape index (κ2) is 7.31. The van der Waals surface area contributed by atoms with Crippen molar-refractivity contribution >= 4 is 17.4 Å². The van der Waals surface area contributed by atoms with Gasteiger partial charge in [0.05, 0.1) is 0 Å². The first-order chi connectivity index (χ1) is 10.2. The Morgan fingerprint density at radius 1 is 1.10 bits per heavy atom. The average molecular weight is 285 g/mol. The van der Waals surface area contributed by atoms with Gasteiger partial charge in [-0.05, 0) is 48.9 Å². The molecule has 0 aromatic heterocycles. The molecule has 0 aliphatic heterocycles. The van der Waals surface area contributed by atoms with Crippen LogP contribution in [0.2, 0.25) is 0 Å². The minimum absolute atomic E-state index is 0.281. The highest BCUT2D eigenvalue weighted by Gasteiger charge is 2.03. The maximum absolute atomic E-state index is 11.9. The number of rotatable bonds is 5. The van der Waals surface area contributed by atoms with Gasteiger partial charge in [0.1, 0.15) is 12.4 Å². The lowest BCUT2D eigenvalue weighted by molar-refractivity contribution is 0.262. The van der Waals surface area contributed by atoms with Crippen LogP contribution in [0.4, 0.5) is 16.2 Å². The molecule has 2 amide bonds. The summed E-state index contributed by atoms with van der Waals surface area (Å²) < 4.78 is 5.37. The standard InChI is InChI=1S/C16H19N3O2/c1-12-3-2-4-14(11-12)19-16(20)18-13-5-7-15(8-6-13)21-10-9-17/h2-8,11H,9-10,17H2,1H3,(H2,18,19,20). The van der Waals surface area contributed by atoms with Crippen molar-refractivity contribution in [1.29, 1.82) is 0 Å². The Balaban J connectivity index is 1.90. The SMILES string of the molecule is Cc1cccc(NC(=O)Nc2ccc(OCCN)cc2)c1. The van der Waals surface area contributed by atoms with E-state index in [9.17, 15) is 4.79 Å². The van der Waals surface area contributed by atoms with Crippen molar-refractivity contribution < 1.29 is 9.53 Å². The molecule has 0 spiro atoms. The van der Waals surface area contributed by atoms with Crippen LogP contribution in [0.1, 0.15) is 5.56 Å². The predicted molar refractivity (Wildman–Crippen MR) is 84.8 cm³/mol. The summed E-state index contributed by atoms with van der Waals surface area (Å²) in [7, 11) is 0. The monoisotopic (exact) mass is 285 g/mol. The molecular formula is C16H19N3O2. The van der Waals surface area contributed by atoms with E-state index < -0.39 is 0 Å². The third-order valence-corrected chi connectivity index (χ3v) is 2.77. The summed E-state index contributed by atoms with van der Waals surface area (Å²) in [6, 6.07) is 14.5. The molecule has 0 radical (unpaired) electrons. The van der Waals surface area contributed by atoms with E-state index >= 15 is 0 Å². The Labute approximate surface area is 124 Å². The predicted octanol–water partition coefficient (Wildman–Crippen LogP) is 2.98. The molecule has 21 heavy (non-hydrogen) atoms. The third kappa shape index (κ3) is 4.81. The van der Waals surface area contributed by atoms with Gasteiger partial charge in [0, 0.05) is 17.9 Å². The molecule has 4 N–H and O–H groups in total. The second-order valence-corrected chi connectivity index (χ2v) is 4.61. The van der Waals surface area contributed by atoms with Gasteiger partial charge in [-0.1, -0.05) is 12.1 Å². The normalized spacial score (nSPS) is 10.0. The minimum atomic E-state index is -0.281. The lowest BCUT2D eigenvalue weighted by Crippen LogP contribution is -2.19.